The average molecular weight is 348 g/mol. The molecule has 2 aliphatic heterocycles. The van der Waals surface area contributed by atoms with Crippen molar-refractivity contribution in [2.24, 2.45) is 0 Å². The Kier molecular flexibility index (Phi) is 4.37. The first-order valence-electron chi connectivity index (χ1n) is 7.85. The van der Waals surface area contributed by atoms with Gasteiger partial charge in [-0.15, -0.1) is 0 Å². The van der Waals surface area contributed by atoms with Gasteiger partial charge in [0.15, 0.2) is 0 Å². The van der Waals surface area contributed by atoms with Gasteiger partial charge in [-0.1, -0.05) is 23.7 Å². The molecule has 126 valence electrons. The molecule has 0 aliphatic carbocycles. The molecule has 0 bridgehead atoms. The molecule has 2 aliphatic rings. The lowest BCUT2D eigenvalue weighted by atomic mass is 9.78. The van der Waals surface area contributed by atoms with Crippen LogP contribution in [0.1, 0.15) is 37.7 Å². The summed E-state index contributed by atoms with van der Waals surface area (Å²) in [6, 6.07) is 6.71. The number of fused-ring (bicyclic) bond motifs is 1. The van der Waals surface area contributed by atoms with E-state index in [1.54, 1.807) is 31.2 Å². The third-order valence-electron chi connectivity index (χ3n) is 4.72. The second-order valence-electron chi connectivity index (χ2n) is 6.06. The number of carboxylic acid groups (broad SMARTS) is 2. The predicted molar refractivity (Wildman–Crippen MR) is 89.7 cm³/mol. The number of nitrogens with zero attached hydrogens (tertiary/aromatic N) is 1. The number of carboxylic acids is 2. The van der Waals surface area contributed by atoms with Crippen LogP contribution in [0.5, 0.6) is 0 Å². The summed E-state index contributed by atoms with van der Waals surface area (Å²) in [5.41, 5.74) is 2.28. The van der Waals surface area contributed by atoms with Gasteiger partial charge < -0.3 is 15.1 Å². The number of halogens is 1. The number of carbonyl (C=O) groups is 2. The third-order valence-corrected chi connectivity index (χ3v) is 4.97. The van der Waals surface area contributed by atoms with Crippen molar-refractivity contribution >= 4 is 23.5 Å². The highest BCUT2D eigenvalue weighted by Crippen LogP contribution is 2.44. The van der Waals surface area contributed by atoms with Gasteiger partial charge in [0.2, 0.25) is 0 Å². The number of aliphatic carboxylic acids is 2. The van der Waals surface area contributed by atoms with E-state index in [4.69, 9.17) is 11.6 Å². The Bertz CT molecular complexity index is 764. The molecular formula is C18H18ClNO4. The maximum absolute atomic E-state index is 12.0. The van der Waals surface area contributed by atoms with E-state index in [0.717, 1.165) is 18.5 Å². The summed E-state index contributed by atoms with van der Waals surface area (Å²) < 4.78 is 0. The van der Waals surface area contributed by atoms with Gasteiger partial charge in [0.05, 0.1) is 17.1 Å². The molecule has 0 amide bonds. The van der Waals surface area contributed by atoms with Crippen molar-refractivity contribution in [2.45, 2.75) is 32.1 Å². The zero-order chi connectivity index (χ0) is 17.4. The molecule has 2 heterocycles. The van der Waals surface area contributed by atoms with Crippen LogP contribution in [0, 0.1) is 0 Å². The number of allylic oxidation sites excluding steroid dienone is 2. The number of rotatable bonds is 3. The summed E-state index contributed by atoms with van der Waals surface area (Å²) >= 11 is 5.92. The molecule has 6 heteroatoms. The molecule has 1 atom stereocenters. The highest BCUT2D eigenvalue weighted by molar-refractivity contribution is 6.30. The zero-order valence-electron chi connectivity index (χ0n) is 13.3. The van der Waals surface area contributed by atoms with Crippen molar-refractivity contribution < 1.29 is 19.8 Å². The Morgan fingerprint density at radius 3 is 2.29 bits per heavy atom. The fourth-order valence-corrected chi connectivity index (χ4v) is 3.79. The first-order valence-corrected chi connectivity index (χ1v) is 8.23. The van der Waals surface area contributed by atoms with Crippen molar-refractivity contribution in [3.8, 4) is 0 Å². The molecule has 1 fully saturated rings. The number of hydrogen-bond donors (Lipinski definition) is 2. The molecule has 2 N–H and O–H groups in total. The van der Waals surface area contributed by atoms with Crippen molar-refractivity contribution in [2.75, 3.05) is 6.54 Å². The average Bonchev–Trinajstić information content (AvgIpc) is 2.54. The molecule has 0 aromatic heterocycles. The van der Waals surface area contributed by atoms with Gasteiger partial charge in [-0.3, -0.25) is 0 Å². The Balaban J connectivity index is 2.25. The summed E-state index contributed by atoms with van der Waals surface area (Å²) in [5, 5.41) is 20.1. The van der Waals surface area contributed by atoms with Crippen LogP contribution in [-0.4, -0.2) is 33.6 Å². The molecule has 0 saturated carbocycles. The van der Waals surface area contributed by atoms with Crippen molar-refractivity contribution in [1.82, 2.24) is 4.90 Å². The minimum atomic E-state index is -1.09. The molecule has 24 heavy (non-hydrogen) atoms. The quantitative estimate of drug-likeness (QED) is 0.873. The van der Waals surface area contributed by atoms with E-state index in [0.29, 0.717) is 29.2 Å². The van der Waals surface area contributed by atoms with Crippen molar-refractivity contribution in [3.05, 3.63) is 57.4 Å². The van der Waals surface area contributed by atoms with Gasteiger partial charge in [0, 0.05) is 23.0 Å². The summed E-state index contributed by atoms with van der Waals surface area (Å²) in [4.78, 5) is 25.8. The first-order chi connectivity index (χ1) is 11.4. The van der Waals surface area contributed by atoms with E-state index in [2.05, 4.69) is 0 Å². The van der Waals surface area contributed by atoms with E-state index in [1.807, 2.05) is 4.90 Å². The monoisotopic (exact) mass is 347 g/mol. The molecule has 0 spiro atoms. The van der Waals surface area contributed by atoms with Crippen molar-refractivity contribution in [1.29, 1.82) is 0 Å². The zero-order valence-corrected chi connectivity index (χ0v) is 14.0. The van der Waals surface area contributed by atoms with Crippen LogP contribution in [-0.2, 0) is 9.59 Å². The molecule has 0 radical (unpaired) electrons. The maximum Gasteiger partial charge on any atom is 0.334 e. The van der Waals surface area contributed by atoms with Gasteiger partial charge in [0.1, 0.15) is 0 Å². The fourth-order valence-electron chi connectivity index (χ4n) is 3.66. The maximum atomic E-state index is 12.0. The van der Waals surface area contributed by atoms with Crippen LogP contribution in [0.15, 0.2) is 46.8 Å². The van der Waals surface area contributed by atoms with E-state index in [1.165, 1.54) is 0 Å². The topological polar surface area (TPSA) is 77.8 Å². The molecular weight excluding hydrogens is 330 g/mol. The molecule has 1 aromatic carbocycles. The second-order valence-corrected chi connectivity index (χ2v) is 6.50. The third kappa shape index (κ3) is 2.69. The summed E-state index contributed by atoms with van der Waals surface area (Å²) in [5.74, 6) is -2.94. The summed E-state index contributed by atoms with van der Waals surface area (Å²) in [7, 11) is 0. The van der Waals surface area contributed by atoms with Gasteiger partial charge >= 0.3 is 11.9 Å². The largest absolute Gasteiger partial charge is 0.478 e. The van der Waals surface area contributed by atoms with Crippen LogP contribution in [0.4, 0.5) is 0 Å². The predicted octanol–water partition coefficient (Wildman–Crippen LogP) is 3.62. The van der Waals surface area contributed by atoms with Crippen LogP contribution >= 0.6 is 11.6 Å². The molecule has 1 unspecified atom stereocenters. The lowest BCUT2D eigenvalue weighted by Gasteiger charge is -2.40. The standard InChI is InChI=1S/C18H18ClNO4/c1-10-14(17(21)22)15(11-5-7-12(19)8-6-11)16(18(23)24)13-4-2-3-9-20(10)13/h5-8,15H,2-4,9H2,1H3,(H,21,22)(H,23,24). The normalized spacial score (nSPS) is 20.9. The van der Waals surface area contributed by atoms with Gasteiger partial charge in [-0.2, -0.15) is 0 Å². The summed E-state index contributed by atoms with van der Waals surface area (Å²) in [6.07, 6.45) is 2.48. The van der Waals surface area contributed by atoms with E-state index in [9.17, 15) is 19.8 Å². The lowest BCUT2D eigenvalue weighted by Crippen LogP contribution is -2.37. The summed E-state index contributed by atoms with van der Waals surface area (Å²) in [6.45, 7) is 2.42. The van der Waals surface area contributed by atoms with Gasteiger partial charge in [0.25, 0.3) is 0 Å². The molecule has 3 rings (SSSR count). The van der Waals surface area contributed by atoms with Gasteiger partial charge in [-0.25, -0.2) is 9.59 Å². The van der Waals surface area contributed by atoms with Crippen LogP contribution in [0.3, 0.4) is 0 Å². The highest BCUT2D eigenvalue weighted by Gasteiger charge is 2.40. The smallest absolute Gasteiger partial charge is 0.334 e. The minimum Gasteiger partial charge on any atom is -0.478 e. The van der Waals surface area contributed by atoms with E-state index < -0.39 is 17.9 Å². The van der Waals surface area contributed by atoms with Crippen LogP contribution in [0.25, 0.3) is 0 Å². The Morgan fingerprint density at radius 2 is 1.71 bits per heavy atom. The molecule has 1 saturated heterocycles. The SMILES string of the molecule is CC1=C(C(=O)O)C(c2ccc(Cl)cc2)C(C(=O)O)=C2CCCCN12. The lowest BCUT2D eigenvalue weighted by molar-refractivity contribution is -0.133. The first kappa shape index (κ1) is 16.6. The van der Waals surface area contributed by atoms with E-state index in [-0.39, 0.29) is 11.1 Å². The van der Waals surface area contributed by atoms with E-state index >= 15 is 0 Å². The minimum absolute atomic E-state index is 0.125. The Hall–Kier alpha value is -2.27. The number of benzene rings is 1. The Labute approximate surface area is 144 Å². The second kappa shape index (κ2) is 6.32. The fraction of sp³-hybridized carbons (Fsp3) is 0.333. The Morgan fingerprint density at radius 1 is 1.08 bits per heavy atom. The van der Waals surface area contributed by atoms with Crippen LogP contribution < -0.4 is 0 Å². The number of piperidine rings is 1. The van der Waals surface area contributed by atoms with Crippen molar-refractivity contribution in [3.63, 3.8) is 0 Å². The molecule has 1 aromatic rings. The van der Waals surface area contributed by atoms with Gasteiger partial charge in [-0.05, 0) is 43.9 Å². The molecule has 5 nitrogen and oxygen atoms in total. The highest BCUT2D eigenvalue weighted by atomic mass is 35.5. The van der Waals surface area contributed by atoms with Crippen LogP contribution in [0.2, 0.25) is 5.02 Å². The number of hydrogen-bond acceptors (Lipinski definition) is 3.